The Morgan fingerprint density at radius 3 is 2.60 bits per heavy atom. The molecule has 42 heavy (non-hydrogen) atoms. The van der Waals surface area contributed by atoms with Gasteiger partial charge in [-0.25, -0.2) is 10.1 Å². The summed E-state index contributed by atoms with van der Waals surface area (Å²) in [5.74, 6) is -0.895. The Balaban J connectivity index is 1.34. The Morgan fingerprint density at radius 2 is 1.83 bits per heavy atom. The minimum atomic E-state index is -0.830. The van der Waals surface area contributed by atoms with Gasteiger partial charge in [0.2, 0.25) is 0 Å². The molecule has 3 aliphatic carbocycles. The number of hydrogen-bond acceptors (Lipinski definition) is 6. The van der Waals surface area contributed by atoms with Crippen molar-refractivity contribution >= 4 is 45.5 Å². The third-order valence-electron chi connectivity index (χ3n) is 9.67. The van der Waals surface area contributed by atoms with Crippen molar-refractivity contribution in [2.45, 2.75) is 62.3 Å². The number of hydrogen-bond donors (Lipinski definition) is 1. The highest BCUT2D eigenvalue weighted by Crippen LogP contribution is 2.50. The van der Waals surface area contributed by atoms with Crippen LogP contribution >= 0.6 is 11.8 Å². The largest absolute Gasteiger partial charge is 0.384 e. The zero-order chi connectivity index (χ0) is 28.8. The van der Waals surface area contributed by atoms with Gasteiger partial charge >= 0.3 is 0 Å². The van der Waals surface area contributed by atoms with E-state index < -0.39 is 5.92 Å². The van der Waals surface area contributed by atoms with Crippen molar-refractivity contribution in [3.8, 4) is 0 Å². The monoisotopic (exact) mass is 576 g/mol. The third-order valence-corrected chi connectivity index (χ3v) is 10.6. The van der Waals surface area contributed by atoms with Crippen molar-refractivity contribution < 1.29 is 14.7 Å². The van der Waals surface area contributed by atoms with Gasteiger partial charge in [-0.15, -0.1) is 11.8 Å². The first-order valence-electron chi connectivity index (χ1n) is 15.0. The summed E-state index contributed by atoms with van der Waals surface area (Å²) in [5.41, 5.74) is 11.5. The molecule has 213 valence electrons. The van der Waals surface area contributed by atoms with E-state index in [0.717, 1.165) is 48.8 Å². The van der Waals surface area contributed by atoms with Gasteiger partial charge < -0.3 is 10.6 Å². The van der Waals surface area contributed by atoms with E-state index in [4.69, 9.17) is 5.73 Å². The molecule has 2 aromatic carbocycles. The highest BCUT2D eigenvalue weighted by atomic mass is 32.2. The van der Waals surface area contributed by atoms with Crippen molar-refractivity contribution in [2.75, 3.05) is 12.3 Å². The lowest BCUT2D eigenvalue weighted by Gasteiger charge is -2.45. The van der Waals surface area contributed by atoms with Gasteiger partial charge in [0, 0.05) is 18.0 Å². The first kappa shape index (κ1) is 27.2. The molecule has 1 fully saturated rings. The first-order chi connectivity index (χ1) is 20.5. The molecule has 0 bridgehead atoms. The zero-order valence-corrected chi connectivity index (χ0v) is 24.4. The number of nitrogens with two attached hydrogens (primary N) is 1. The Kier molecular flexibility index (Phi) is 7.03. The van der Waals surface area contributed by atoms with Gasteiger partial charge in [-0.05, 0) is 87.9 Å². The van der Waals surface area contributed by atoms with Crippen molar-refractivity contribution in [1.29, 1.82) is 0 Å². The first-order valence-corrected chi connectivity index (χ1v) is 15.9. The fraction of sp³-hybridized carbons (Fsp3) is 0.343. The highest BCUT2D eigenvalue weighted by Gasteiger charge is 2.43. The van der Waals surface area contributed by atoms with Crippen molar-refractivity contribution in [2.24, 2.45) is 5.92 Å². The number of nitrogen functional groups attached to an aromatic ring is 1. The molecule has 7 rings (SSSR count). The van der Waals surface area contributed by atoms with Crippen molar-refractivity contribution in [1.82, 2.24) is 9.88 Å². The Labute approximate surface area is 250 Å². The quantitative estimate of drug-likeness (QED) is 0.200. The minimum Gasteiger partial charge on any atom is -0.384 e. The van der Waals surface area contributed by atoms with Crippen LogP contribution in [0.2, 0.25) is 0 Å². The molecular weight excluding hydrogens is 542 g/mol. The van der Waals surface area contributed by atoms with Gasteiger partial charge in [-0.2, -0.15) is 0 Å². The molecule has 0 amide bonds. The molecule has 0 spiro atoms. The fourth-order valence-electron chi connectivity index (χ4n) is 7.72. The van der Waals surface area contributed by atoms with Crippen LogP contribution in [0.3, 0.4) is 0 Å². The summed E-state index contributed by atoms with van der Waals surface area (Å²) in [6.45, 7) is -0.131. The molecule has 4 aliphatic rings. The predicted molar refractivity (Wildman–Crippen MR) is 167 cm³/mol. The molecule has 0 saturated heterocycles. The standard InChI is InChI=1S/C35H34N3O3S/c36-31-15-8-22(20-37-31)34(41)33-28-12-10-24-23-6-5-7-29(27(23)11-9-25(24)26(28)13-14-30(33)40)35(16-3-1-2-4-17-35)38-18-19-42-32(38)21-39/h5-9,11,13-15,18-20,32-33H,1-4,10,12,16-17,21H2,(H2,36,37). The SMILES string of the molecule is Nc1ccc(C(=O)C2C(=O)C=CC3=C2CCc2c3ccc3c(C4(N5C=CSC5C[O])CCCCCC4)cccc23)cn1. The molecule has 3 aromatic rings. The van der Waals surface area contributed by atoms with Gasteiger partial charge in [0.25, 0.3) is 0 Å². The smallest absolute Gasteiger partial charge is 0.179 e. The number of pyridine rings is 1. The van der Waals surface area contributed by atoms with E-state index in [1.807, 2.05) is 6.08 Å². The Bertz CT molecular complexity index is 1660. The summed E-state index contributed by atoms with van der Waals surface area (Å²) in [7, 11) is 0. The maximum absolute atomic E-state index is 13.6. The maximum Gasteiger partial charge on any atom is 0.179 e. The summed E-state index contributed by atoms with van der Waals surface area (Å²) in [5, 5.41) is 16.7. The molecule has 2 unspecified atom stereocenters. The number of aryl methyl sites for hydroxylation is 1. The number of benzene rings is 2. The number of thioether (sulfide) groups is 1. The van der Waals surface area contributed by atoms with Crippen LogP contribution in [0.5, 0.6) is 0 Å². The molecule has 1 radical (unpaired) electrons. The number of ketones is 2. The summed E-state index contributed by atoms with van der Waals surface area (Å²) in [4.78, 5) is 33.1. The van der Waals surface area contributed by atoms with Crippen LogP contribution in [-0.4, -0.2) is 33.4 Å². The molecule has 6 nitrogen and oxygen atoms in total. The van der Waals surface area contributed by atoms with E-state index in [1.54, 1.807) is 30.0 Å². The number of nitrogens with zero attached hydrogens (tertiary/aromatic N) is 2. The van der Waals surface area contributed by atoms with Gasteiger partial charge in [0.15, 0.2) is 11.6 Å². The maximum atomic E-state index is 13.6. The number of allylic oxidation sites excluding steroid dienone is 4. The molecule has 2 N–H and O–H groups in total. The molecule has 2 heterocycles. The Hall–Kier alpha value is -3.68. The summed E-state index contributed by atoms with van der Waals surface area (Å²) in [6.07, 6.45) is 15.3. The molecule has 1 aromatic heterocycles. The lowest BCUT2D eigenvalue weighted by atomic mass is 9.72. The van der Waals surface area contributed by atoms with Crippen LogP contribution in [0.25, 0.3) is 16.3 Å². The van der Waals surface area contributed by atoms with Crippen LogP contribution < -0.4 is 5.73 Å². The number of carbonyl (C=O) groups is 2. The second-order valence-electron chi connectivity index (χ2n) is 11.8. The number of anilines is 1. The normalized spacial score (nSPS) is 23.2. The summed E-state index contributed by atoms with van der Waals surface area (Å²) >= 11 is 1.64. The lowest BCUT2D eigenvalue weighted by molar-refractivity contribution is -0.116. The topological polar surface area (TPSA) is 96.2 Å². The van der Waals surface area contributed by atoms with Crippen molar-refractivity contribution in [3.63, 3.8) is 0 Å². The zero-order valence-electron chi connectivity index (χ0n) is 23.6. The minimum absolute atomic E-state index is 0.0839. The molecule has 2 atom stereocenters. The van der Waals surface area contributed by atoms with E-state index in [0.29, 0.717) is 17.8 Å². The average molecular weight is 577 g/mol. The predicted octanol–water partition coefficient (Wildman–Crippen LogP) is 6.98. The Morgan fingerprint density at radius 1 is 1.00 bits per heavy atom. The summed E-state index contributed by atoms with van der Waals surface area (Å²) in [6, 6.07) is 14.3. The second-order valence-corrected chi connectivity index (χ2v) is 12.9. The number of rotatable bonds is 5. The lowest BCUT2D eigenvalue weighted by Crippen LogP contribution is -2.47. The van der Waals surface area contributed by atoms with Crippen molar-refractivity contribution in [3.05, 3.63) is 100 Å². The molecule has 1 aliphatic heterocycles. The van der Waals surface area contributed by atoms with Crippen LogP contribution in [0, 0.1) is 5.92 Å². The molecule has 7 heteroatoms. The highest BCUT2D eigenvalue weighted by molar-refractivity contribution is 8.02. The number of carbonyl (C=O) groups excluding carboxylic acids is 2. The van der Waals surface area contributed by atoms with E-state index >= 15 is 0 Å². The van der Waals surface area contributed by atoms with Gasteiger partial charge in [0.1, 0.15) is 23.7 Å². The van der Waals surface area contributed by atoms with E-state index in [2.05, 4.69) is 51.8 Å². The van der Waals surface area contributed by atoms with E-state index in [9.17, 15) is 14.7 Å². The van der Waals surface area contributed by atoms with E-state index in [-0.39, 0.29) is 29.1 Å². The number of aromatic nitrogens is 1. The van der Waals surface area contributed by atoms with Crippen LogP contribution in [0.15, 0.2) is 78.0 Å². The number of fused-ring (bicyclic) bond motifs is 4. The fourth-order valence-corrected chi connectivity index (χ4v) is 8.59. The third kappa shape index (κ3) is 4.33. The second kappa shape index (κ2) is 10.9. The van der Waals surface area contributed by atoms with Gasteiger partial charge in [-0.1, -0.05) is 62.1 Å². The number of Topliss-reactive ketones (excluding diaryl/α,β-unsaturated/α-hetero) is 1. The molecule has 1 saturated carbocycles. The summed E-state index contributed by atoms with van der Waals surface area (Å²) < 4.78 is 0. The van der Waals surface area contributed by atoms with Crippen LogP contribution in [0.4, 0.5) is 5.82 Å². The van der Waals surface area contributed by atoms with Crippen LogP contribution in [-0.2, 0) is 21.9 Å². The molecular formula is C35H34N3O3S. The van der Waals surface area contributed by atoms with Gasteiger partial charge in [-0.3, -0.25) is 9.59 Å². The van der Waals surface area contributed by atoms with Gasteiger partial charge in [0.05, 0.1) is 5.54 Å². The van der Waals surface area contributed by atoms with Crippen LogP contribution in [0.1, 0.15) is 72.0 Å². The van der Waals surface area contributed by atoms with E-state index in [1.165, 1.54) is 40.9 Å². The average Bonchev–Trinajstić information content (AvgIpc) is 3.37.